The first-order chi connectivity index (χ1) is 9.13. The van der Waals surface area contributed by atoms with Crippen LogP contribution in [0.4, 0.5) is 5.13 Å². The number of nitriles is 1. The lowest BCUT2D eigenvalue weighted by Crippen LogP contribution is -2.16. The van der Waals surface area contributed by atoms with E-state index in [1.54, 1.807) is 6.07 Å². The van der Waals surface area contributed by atoms with E-state index in [0.29, 0.717) is 28.4 Å². The minimum absolute atomic E-state index is 0.229. The van der Waals surface area contributed by atoms with Crippen LogP contribution >= 0.6 is 22.9 Å². The van der Waals surface area contributed by atoms with Gasteiger partial charge in [0.15, 0.2) is 16.6 Å². The Morgan fingerprint density at radius 3 is 3.00 bits per heavy atom. The van der Waals surface area contributed by atoms with Crippen LogP contribution in [0.25, 0.3) is 0 Å². The van der Waals surface area contributed by atoms with Crippen molar-refractivity contribution in [3.8, 4) is 6.07 Å². The van der Waals surface area contributed by atoms with Crippen LogP contribution < -0.4 is 4.90 Å². The van der Waals surface area contributed by atoms with Crippen LogP contribution in [-0.2, 0) is 6.54 Å². The average Bonchev–Trinajstić information content (AvgIpc) is 2.80. The Hall–Kier alpha value is -1.90. The van der Waals surface area contributed by atoms with E-state index < -0.39 is 0 Å². The molecule has 0 spiro atoms. The predicted molar refractivity (Wildman–Crippen MR) is 75.8 cm³/mol. The number of hydrogen-bond acceptors (Lipinski definition) is 5. The number of aldehydes is 1. The quantitative estimate of drug-likeness (QED) is 0.812. The van der Waals surface area contributed by atoms with Crippen molar-refractivity contribution >= 4 is 34.4 Å². The summed E-state index contributed by atoms with van der Waals surface area (Å²) in [7, 11) is 1.86. The third kappa shape index (κ3) is 3.11. The van der Waals surface area contributed by atoms with Crippen molar-refractivity contribution in [2.75, 3.05) is 11.9 Å². The Kier molecular flexibility index (Phi) is 4.15. The summed E-state index contributed by atoms with van der Waals surface area (Å²) in [5.74, 6) is 0. The number of hydrogen-bond donors (Lipinski definition) is 0. The highest BCUT2D eigenvalue weighted by atomic mass is 35.5. The molecule has 4 nitrogen and oxygen atoms in total. The van der Waals surface area contributed by atoms with Crippen molar-refractivity contribution < 1.29 is 4.79 Å². The van der Waals surface area contributed by atoms with E-state index in [0.717, 1.165) is 5.56 Å². The molecular formula is C13H10ClN3OS. The minimum Gasteiger partial charge on any atom is -0.347 e. The number of anilines is 1. The van der Waals surface area contributed by atoms with Crippen LogP contribution in [0.5, 0.6) is 0 Å². The second-order valence-corrected chi connectivity index (χ2v) is 5.30. The summed E-state index contributed by atoms with van der Waals surface area (Å²) in [6.45, 7) is 0.595. The summed E-state index contributed by atoms with van der Waals surface area (Å²) in [5.41, 5.74) is 1.62. The molecule has 0 aliphatic rings. The van der Waals surface area contributed by atoms with Gasteiger partial charge in [-0.1, -0.05) is 35.1 Å². The second-order valence-electron chi connectivity index (χ2n) is 3.94. The standard InChI is InChI=1S/C13H10ClN3OS/c1-17(13-16-12(14)11(8-18)19-13)7-10-4-2-3-9(5-10)6-15/h2-5,8H,7H2,1H3. The van der Waals surface area contributed by atoms with Crippen molar-refractivity contribution in [1.82, 2.24) is 4.98 Å². The third-order valence-electron chi connectivity index (χ3n) is 2.51. The van der Waals surface area contributed by atoms with E-state index in [9.17, 15) is 4.79 Å². The molecule has 0 fully saturated rings. The topological polar surface area (TPSA) is 57.0 Å². The average molecular weight is 292 g/mol. The minimum atomic E-state index is 0.229. The number of aromatic nitrogens is 1. The molecule has 0 aliphatic carbocycles. The van der Waals surface area contributed by atoms with Gasteiger partial charge in [0.1, 0.15) is 4.88 Å². The van der Waals surface area contributed by atoms with Crippen molar-refractivity contribution in [2.45, 2.75) is 6.54 Å². The Bertz CT molecular complexity index is 648. The van der Waals surface area contributed by atoms with Crippen LogP contribution in [0, 0.1) is 11.3 Å². The highest BCUT2D eigenvalue weighted by Gasteiger charge is 2.12. The molecule has 2 rings (SSSR count). The Morgan fingerprint density at radius 2 is 2.37 bits per heavy atom. The van der Waals surface area contributed by atoms with Gasteiger partial charge < -0.3 is 4.90 Å². The van der Waals surface area contributed by atoms with Gasteiger partial charge in [-0.15, -0.1) is 0 Å². The van der Waals surface area contributed by atoms with Crippen LogP contribution in [0.3, 0.4) is 0 Å². The second kappa shape index (κ2) is 5.83. The third-order valence-corrected chi connectivity index (χ3v) is 4.00. The zero-order valence-corrected chi connectivity index (χ0v) is 11.7. The van der Waals surface area contributed by atoms with Crippen LogP contribution in [0.1, 0.15) is 20.8 Å². The first kappa shape index (κ1) is 13.5. The van der Waals surface area contributed by atoms with Gasteiger partial charge >= 0.3 is 0 Å². The van der Waals surface area contributed by atoms with E-state index in [1.807, 2.05) is 30.1 Å². The molecule has 0 atom stereocenters. The molecule has 6 heteroatoms. The van der Waals surface area contributed by atoms with Gasteiger partial charge in [0.2, 0.25) is 0 Å². The van der Waals surface area contributed by atoms with Gasteiger partial charge in [0, 0.05) is 13.6 Å². The SMILES string of the molecule is CN(Cc1cccc(C#N)c1)c1nc(Cl)c(C=O)s1. The molecule has 0 saturated heterocycles. The summed E-state index contributed by atoms with van der Waals surface area (Å²) in [6, 6.07) is 9.47. The summed E-state index contributed by atoms with van der Waals surface area (Å²) >= 11 is 7.08. The number of halogens is 1. The molecule has 1 aromatic carbocycles. The van der Waals surface area contributed by atoms with Crippen molar-refractivity contribution in [2.24, 2.45) is 0 Å². The molecule has 19 heavy (non-hydrogen) atoms. The first-order valence-electron chi connectivity index (χ1n) is 5.45. The van der Waals surface area contributed by atoms with Gasteiger partial charge in [-0.2, -0.15) is 5.26 Å². The molecule has 0 amide bonds. The van der Waals surface area contributed by atoms with Gasteiger partial charge in [0.05, 0.1) is 11.6 Å². The Morgan fingerprint density at radius 1 is 1.58 bits per heavy atom. The van der Waals surface area contributed by atoms with Crippen LogP contribution in [0.15, 0.2) is 24.3 Å². The Balaban J connectivity index is 2.18. The zero-order chi connectivity index (χ0) is 13.8. The van der Waals surface area contributed by atoms with Crippen LogP contribution in [-0.4, -0.2) is 18.3 Å². The van der Waals surface area contributed by atoms with E-state index in [4.69, 9.17) is 16.9 Å². The summed E-state index contributed by atoms with van der Waals surface area (Å²) < 4.78 is 0. The fourth-order valence-electron chi connectivity index (χ4n) is 1.62. The lowest BCUT2D eigenvalue weighted by molar-refractivity contribution is 0.112. The number of benzene rings is 1. The maximum absolute atomic E-state index is 10.7. The normalized spacial score (nSPS) is 9.95. The molecule has 0 saturated carbocycles. The van der Waals surface area contributed by atoms with Gasteiger partial charge in [-0.25, -0.2) is 4.98 Å². The highest BCUT2D eigenvalue weighted by Crippen LogP contribution is 2.28. The zero-order valence-electron chi connectivity index (χ0n) is 10.1. The molecule has 0 radical (unpaired) electrons. The molecule has 1 heterocycles. The largest absolute Gasteiger partial charge is 0.347 e. The number of carbonyl (C=O) groups is 1. The molecule has 0 unspecified atom stereocenters. The van der Waals surface area contributed by atoms with E-state index in [1.165, 1.54) is 11.3 Å². The summed E-state index contributed by atoms with van der Waals surface area (Å²) in [4.78, 5) is 17.2. The van der Waals surface area contributed by atoms with E-state index in [2.05, 4.69) is 11.1 Å². The molecule has 1 aromatic heterocycles. The number of nitrogens with zero attached hydrogens (tertiary/aromatic N) is 3. The number of rotatable bonds is 4. The van der Waals surface area contributed by atoms with E-state index >= 15 is 0 Å². The van der Waals surface area contributed by atoms with E-state index in [-0.39, 0.29) is 5.15 Å². The Labute approximate surface area is 119 Å². The molecule has 2 aromatic rings. The maximum atomic E-state index is 10.7. The molecular weight excluding hydrogens is 282 g/mol. The van der Waals surface area contributed by atoms with Crippen molar-refractivity contribution in [3.05, 3.63) is 45.4 Å². The monoisotopic (exact) mass is 291 g/mol. The van der Waals surface area contributed by atoms with Gasteiger partial charge in [-0.05, 0) is 17.7 Å². The summed E-state index contributed by atoms with van der Waals surface area (Å²) in [5, 5.41) is 9.76. The van der Waals surface area contributed by atoms with Crippen molar-refractivity contribution in [3.63, 3.8) is 0 Å². The smallest absolute Gasteiger partial charge is 0.187 e. The summed E-state index contributed by atoms with van der Waals surface area (Å²) in [6.07, 6.45) is 0.702. The van der Waals surface area contributed by atoms with Gasteiger partial charge in [0.25, 0.3) is 0 Å². The number of thiazole rings is 1. The fourth-order valence-corrected chi connectivity index (χ4v) is 2.64. The molecule has 0 N–H and O–H groups in total. The first-order valence-corrected chi connectivity index (χ1v) is 6.65. The maximum Gasteiger partial charge on any atom is 0.187 e. The molecule has 0 bridgehead atoms. The van der Waals surface area contributed by atoms with Gasteiger partial charge in [-0.3, -0.25) is 4.79 Å². The predicted octanol–water partition coefficient (Wildman–Crippen LogP) is 3.12. The highest BCUT2D eigenvalue weighted by molar-refractivity contribution is 7.17. The fraction of sp³-hybridized carbons (Fsp3) is 0.154. The lowest BCUT2D eigenvalue weighted by Gasteiger charge is -2.15. The number of carbonyl (C=O) groups excluding carboxylic acids is 1. The lowest BCUT2D eigenvalue weighted by atomic mass is 10.1. The van der Waals surface area contributed by atoms with Crippen molar-refractivity contribution in [1.29, 1.82) is 5.26 Å². The molecule has 0 aliphatic heterocycles. The molecule has 96 valence electrons. The van der Waals surface area contributed by atoms with Crippen LogP contribution in [0.2, 0.25) is 5.15 Å².